The summed E-state index contributed by atoms with van der Waals surface area (Å²) in [5.41, 5.74) is 4.00. The Labute approximate surface area is 143 Å². The fraction of sp³-hybridized carbons (Fsp3) is 0.684. The zero-order chi connectivity index (χ0) is 16.7. The zero-order valence-corrected chi connectivity index (χ0v) is 14.6. The van der Waals surface area contributed by atoms with Crippen LogP contribution in [0.4, 0.5) is 5.69 Å². The highest BCUT2D eigenvalue weighted by atomic mass is 16.6. The number of piperidine rings is 1. The predicted molar refractivity (Wildman–Crippen MR) is 93.6 cm³/mol. The summed E-state index contributed by atoms with van der Waals surface area (Å²) in [7, 11) is 0. The lowest BCUT2D eigenvalue weighted by molar-refractivity contribution is 0.0176. The Morgan fingerprint density at radius 2 is 1.67 bits per heavy atom. The molecule has 0 amide bonds. The summed E-state index contributed by atoms with van der Waals surface area (Å²) in [4.78, 5) is 2.49. The van der Waals surface area contributed by atoms with Gasteiger partial charge in [0.2, 0.25) is 0 Å². The minimum atomic E-state index is -0.465. The molecule has 0 unspecified atom stereocenters. The van der Waals surface area contributed by atoms with Crippen LogP contribution in [-0.2, 0) is 9.47 Å². The third-order valence-corrected chi connectivity index (χ3v) is 5.54. The molecule has 4 rings (SSSR count). The number of nitrogens with zero attached hydrogens (tertiary/aromatic N) is 1. The maximum absolute atomic E-state index is 9.84. The van der Waals surface area contributed by atoms with Crippen molar-refractivity contribution in [3.05, 3.63) is 29.3 Å². The lowest BCUT2D eigenvalue weighted by atomic mass is 10.0. The molecule has 3 aliphatic rings. The number of aryl methyl sites for hydroxylation is 2. The van der Waals surface area contributed by atoms with Gasteiger partial charge >= 0.3 is 0 Å². The van der Waals surface area contributed by atoms with E-state index in [0.29, 0.717) is 19.3 Å². The SMILES string of the molecule is Cc1cc(C)cc(N2CCC(N[C@@H]3CO[C@H]4[C@@H]3OC[C@H]4O)CC2)c1. The molecule has 3 saturated heterocycles. The third-order valence-electron chi connectivity index (χ3n) is 5.54. The van der Waals surface area contributed by atoms with Gasteiger partial charge in [-0.15, -0.1) is 0 Å². The van der Waals surface area contributed by atoms with Crippen LogP contribution in [0.3, 0.4) is 0 Å². The normalized spacial score (nSPS) is 33.9. The summed E-state index contributed by atoms with van der Waals surface area (Å²) in [5.74, 6) is 0. The molecule has 2 N–H and O–H groups in total. The molecule has 0 aromatic heterocycles. The van der Waals surface area contributed by atoms with Crippen LogP contribution in [0.2, 0.25) is 0 Å². The number of hydrogen-bond donors (Lipinski definition) is 2. The van der Waals surface area contributed by atoms with Crippen molar-refractivity contribution in [2.45, 2.75) is 57.1 Å². The topological polar surface area (TPSA) is 54.0 Å². The maximum Gasteiger partial charge on any atom is 0.113 e. The van der Waals surface area contributed by atoms with Crippen molar-refractivity contribution in [1.29, 1.82) is 0 Å². The first-order valence-electron chi connectivity index (χ1n) is 9.11. The highest BCUT2D eigenvalue weighted by Crippen LogP contribution is 2.28. The molecule has 3 aliphatic heterocycles. The minimum absolute atomic E-state index is 0.0115. The number of anilines is 1. The third kappa shape index (κ3) is 3.18. The van der Waals surface area contributed by atoms with Gasteiger partial charge in [-0.2, -0.15) is 0 Å². The van der Waals surface area contributed by atoms with Gasteiger partial charge in [-0.1, -0.05) is 6.07 Å². The van der Waals surface area contributed by atoms with Crippen LogP contribution in [0.5, 0.6) is 0 Å². The average molecular weight is 332 g/mol. The Morgan fingerprint density at radius 1 is 1.00 bits per heavy atom. The highest BCUT2D eigenvalue weighted by molar-refractivity contribution is 5.51. The van der Waals surface area contributed by atoms with Gasteiger partial charge in [0.25, 0.3) is 0 Å². The molecule has 3 heterocycles. The van der Waals surface area contributed by atoms with Crippen molar-refractivity contribution >= 4 is 5.69 Å². The van der Waals surface area contributed by atoms with Crippen LogP contribution in [0.15, 0.2) is 18.2 Å². The second kappa shape index (κ2) is 6.64. The zero-order valence-electron chi connectivity index (χ0n) is 14.6. The molecular formula is C19H28N2O3. The second-order valence-corrected chi connectivity index (χ2v) is 7.54. The van der Waals surface area contributed by atoms with E-state index in [9.17, 15) is 5.11 Å². The first kappa shape index (κ1) is 16.3. The summed E-state index contributed by atoms with van der Waals surface area (Å²) in [6.45, 7) is 7.52. The van der Waals surface area contributed by atoms with E-state index < -0.39 is 6.10 Å². The molecule has 0 aliphatic carbocycles. The summed E-state index contributed by atoms with van der Waals surface area (Å²) in [6.07, 6.45) is 1.66. The molecule has 4 atom stereocenters. The van der Waals surface area contributed by atoms with E-state index in [-0.39, 0.29) is 18.2 Å². The van der Waals surface area contributed by atoms with E-state index >= 15 is 0 Å². The van der Waals surface area contributed by atoms with Gasteiger partial charge in [-0.25, -0.2) is 0 Å². The number of nitrogens with one attached hydrogen (secondary N) is 1. The molecule has 132 valence electrons. The Morgan fingerprint density at radius 3 is 2.38 bits per heavy atom. The van der Waals surface area contributed by atoms with Gasteiger partial charge < -0.3 is 24.8 Å². The summed E-state index contributed by atoms with van der Waals surface area (Å²) in [6, 6.07) is 7.50. The number of rotatable bonds is 3. The Kier molecular flexibility index (Phi) is 4.52. The molecule has 0 bridgehead atoms. The van der Waals surface area contributed by atoms with Crippen LogP contribution >= 0.6 is 0 Å². The molecule has 5 nitrogen and oxygen atoms in total. The molecule has 0 spiro atoms. The van der Waals surface area contributed by atoms with E-state index in [2.05, 4.69) is 42.3 Å². The van der Waals surface area contributed by atoms with Gasteiger partial charge in [0.15, 0.2) is 0 Å². The number of aliphatic hydroxyl groups excluding tert-OH is 1. The van der Waals surface area contributed by atoms with Gasteiger partial charge in [0, 0.05) is 24.8 Å². The summed E-state index contributed by atoms with van der Waals surface area (Å²) >= 11 is 0. The monoisotopic (exact) mass is 332 g/mol. The van der Waals surface area contributed by atoms with Crippen molar-refractivity contribution in [3.63, 3.8) is 0 Å². The quantitative estimate of drug-likeness (QED) is 0.876. The van der Waals surface area contributed by atoms with Crippen LogP contribution < -0.4 is 10.2 Å². The smallest absolute Gasteiger partial charge is 0.113 e. The maximum atomic E-state index is 9.84. The van der Waals surface area contributed by atoms with Crippen molar-refractivity contribution in [2.75, 3.05) is 31.2 Å². The molecule has 3 fully saturated rings. The summed E-state index contributed by atoms with van der Waals surface area (Å²) in [5, 5.41) is 13.6. The van der Waals surface area contributed by atoms with Crippen molar-refractivity contribution in [2.24, 2.45) is 0 Å². The van der Waals surface area contributed by atoms with Crippen LogP contribution in [0.1, 0.15) is 24.0 Å². The molecule has 0 radical (unpaired) electrons. The molecule has 24 heavy (non-hydrogen) atoms. The predicted octanol–water partition coefficient (Wildman–Crippen LogP) is 1.39. The molecule has 1 aromatic rings. The van der Waals surface area contributed by atoms with Crippen LogP contribution in [-0.4, -0.2) is 61.8 Å². The van der Waals surface area contributed by atoms with Gasteiger partial charge in [-0.05, 0) is 49.9 Å². The van der Waals surface area contributed by atoms with Crippen LogP contribution in [0, 0.1) is 13.8 Å². The van der Waals surface area contributed by atoms with E-state index in [1.165, 1.54) is 16.8 Å². The lowest BCUT2D eigenvalue weighted by Gasteiger charge is -2.36. The van der Waals surface area contributed by atoms with Gasteiger partial charge in [-0.3, -0.25) is 0 Å². The Hall–Kier alpha value is -1.14. The minimum Gasteiger partial charge on any atom is -0.388 e. The molecule has 1 aromatic carbocycles. The van der Waals surface area contributed by atoms with Gasteiger partial charge in [0.1, 0.15) is 18.3 Å². The number of aliphatic hydroxyl groups is 1. The van der Waals surface area contributed by atoms with Crippen molar-refractivity contribution in [3.8, 4) is 0 Å². The van der Waals surface area contributed by atoms with Crippen LogP contribution in [0.25, 0.3) is 0 Å². The first-order valence-corrected chi connectivity index (χ1v) is 9.11. The molecule has 0 saturated carbocycles. The van der Waals surface area contributed by atoms with E-state index in [1.54, 1.807) is 0 Å². The van der Waals surface area contributed by atoms with E-state index in [1.807, 2.05) is 0 Å². The number of benzene rings is 1. The first-order chi connectivity index (χ1) is 11.6. The standard InChI is InChI=1S/C19H28N2O3/c1-12-7-13(2)9-15(8-12)21-5-3-14(4-6-21)20-16-10-23-19-17(22)11-24-18(16)19/h7-9,14,16-20,22H,3-6,10-11H2,1-2H3/t16-,17-,18-,19-/m1/s1. The van der Waals surface area contributed by atoms with Crippen molar-refractivity contribution in [1.82, 2.24) is 5.32 Å². The van der Waals surface area contributed by atoms with Crippen molar-refractivity contribution < 1.29 is 14.6 Å². The average Bonchev–Trinajstić information content (AvgIpc) is 3.11. The number of hydrogen-bond acceptors (Lipinski definition) is 5. The summed E-state index contributed by atoms with van der Waals surface area (Å²) < 4.78 is 11.4. The fourth-order valence-electron chi connectivity index (χ4n) is 4.36. The van der Waals surface area contributed by atoms with E-state index in [0.717, 1.165) is 25.9 Å². The Bertz CT molecular complexity index is 566. The second-order valence-electron chi connectivity index (χ2n) is 7.54. The van der Waals surface area contributed by atoms with E-state index in [4.69, 9.17) is 9.47 Å². The molecule has 5 heteroatoms. The number of fused-ring (bicyclic) bond motifs is 1. The lowest BCUT2D eigenvalue weighted by Crippen LogP contribution is -2.50. The fourth-order valence-corrected chi connectivity index (χ4v) is 4.36. The Balaban J connectivity index is 1.32. The largest absolute Gasteiger partial charge is 0.388 e. The highest BCUT2D eigenvalue weighted by Gasteiger charge is 2.47. The molecular weight excluding hydrogens is 304 g/mol. The van der Waals surface area contributed by atoms with Gasteiger partial charge in [0.05, 0.1) is 19.3 Å². The number of ether oxygens (including phenoxy) is 2.